The van der Waals surface area contributed by atoms with Crippen molar-refractivity contribution in [3.05, 3.63) is 47.3 Å². The summed E-state index contributed by atoms with van der Waals surface area (Å²) in [5, 5.41) is 3.04. The zero-order chi connectivity index (χ0) is 14.8. The van der Waals surface area contributed by atoms with Gasteiger partial charge in [0.05, 0.1) is 6.61 Å². The molecule has 0 aliphatic carbocycles. The Morgan fingerprint density at radius 3 is 2.71 bits per heavy atom. The van der Waals surface area contributed by atoms with Crippen LogP contribution in [0.4, 0.5) is 0 Å². The van der Waals surface area contributed by atoms with Gasteiger partial charge in [0.15, 0.2) is 11.3 Å². The molecule has 1 aromatic heterocycles. The first-order valence-corrected chi connectivity index (χ1v) is 9.10. The van der Waals surface area contributed by atoms with Crippen LogP contribution in [0.3, 0.4) is 0 Å². The van der Waals surface area contributed by atoms with Gasteiger partial charge >= 0.3 is 0 Å². The highest BCUT2D eigenvalue weighted by Crippen LogP contribution is 2.23. The number of carbonyl (C=O) groups is 1. The molecule has 0 saturated carbocycles. The van der Waals surface area contributed by atoms with E-state index in [9.17, 15) is 4.79 Å². The number of thiophene rings is 1. The van der Waals surface area contributed by atoms with E-state index >= 15 is 0 Å². The third-order valence-corrected chi connectivity index (χ3v) is 5.04. The summed E-state index contributed by atoms with van der Waals surface area (Å²) in [5.74, 6) is 1.07. The predicted octanol–water partition coefficient (Wildman–Crippen LogP) is 5.29. The Bertz CT molecular complexity index is 523. The van der Waals surface area contributed by atoms with Crippen LogP contribution in [-0.2, 0) is 0 Å². The molecule has 2 aromatic rings. The second kappa shape index (κ2) is 9.64. The van der Waals surface area contributed by atoms with E-state index < -0.39 is 0 Å². The van der Waals surface area contributed by atoms with E-state index in [1.807, 2.05) is 41.8 Å². The van der Waals surface area contributed by atoms with Gasteiger partial charge in [0.2, 0.25) is 0 Å². The van der Waals surface area contributed by atoms with Gasteiger partial charge in [0.1, 0.15) is 0 Å². The van der Waals surface area contributed by atoms with Crippen LogP contribution in [-0.4, -0.2) is 18.6 Å². The van der Waals surface area contributed by atoms with E-state index in [4.69, 9.17) is 4.74 Å². The largest absolute Gasteiger partial charge is 0.484 e. The smallest absolute Gasteiger partial charge is 0.173 e. The summed E-state index contributed by atoms with van der Waals surface area (Å²) in [6.45, 7) is 0.807. The minimum atomic E-state index is 0.798. The number of ether oxygens (including phenoxy) is 1. The molecule has 2 nitrogen and oxygen atoms in total. The summed E-state index contributed by atoms with van der Waals surface area (Å²) in [4.78, 5) is 12.0. The average molecular weight is 320 g/mol. The summed E-state index contributed by atoms with van der Waals surface area (Å²) in [7, 11) is 0. The molecule has 0 bridgehead atoms. The zero-order valence-corrected chi connectivity index (χ0v) is 13.6. The van der Waals surface area contributed by atoms with Crippen LogP contribution in [0.15, 0.2) is 46.7 Å². The molecule has 112 valence electrons. The van der Waals surface area contributed by atoms with Crippen LogP contribution in [0, 0.1) is 0 Å². The second-order valence-corrected chi connectivity index (χ2v) is 6.75. The molecule has 1 aromatic carbocycles. The number of rotatable bonds is 10. The summed E-state index contributed by atoms with van der Waals surface area (Å²) >= 11 is 3.41. The van der Waals surface area contributed by atoms with Crippen molar-refractivity contribution in [1.29, 1.82) is 0 Å². The van der Waals surface area contributed by atoms with Crippen LogP contribution in [0.5, 0.6) is 5.06 Å². The minimum absolute atomic E-state index is 0.798. The number of benzene rings is 1. The number of hydrogen-bond acceptors (Lipinski definition) is 4. The highest BCUT2D eigenvalue weighted by atomic mass is 32.2. The lowest BCUT2D eigenvalue weighted by Crippen LogP contribution is -1.95. The molecule has 0 N–H and O–H groups in total. The molecule has 0 saturated heterocycles. The Labute approximate surface area is 134 Å². The fourth-order valence-electron chi connectivity index (χ4n) is 1.97. The van der Waals surface area contributed by atoms with Crippen LogP contribution < -0.4 is 4.74 Å². The fraction of sp³-hybridized carbons (Fsp3) is 0.353. The maximum absolute atomic E-state index is 10.9. The zero-order valence-electron chi connectivity index (χ0n) is 12.0. The molecular formula is C17H20O2S2. The highest BCUT2D eigenvalue weighted by molar-refractivity contribution is 7.99. The van der Waals surface area contributed by atoms with Gasteiger partial charge in [-0.3, -0.25) is 4.79 Å². The topological polar surface area (TPSA) is 26.3 Å². The number of aldehydes is 1. The first kappa shape index (κ1) is 16.1. The number of carbonyl (C=O) groups excluding carboxylic acids is 1. The monoisotopic (exact) mass is 320 g/mol. The lowest BCUT2D eigenvalue weighted by atomic mass is 10.2. The van der Waals surface area contributed by atoms with Gasteiger partial charge in [-0.2, -0.15) is 0 Å². The van der Waals surface area contributed by atoms with Crippen LogP contribution in [0.2, 0.25) is 0 Å². The summed E-state index contributed by atoms with van der Waals surface area (Å²) < 4.78 is 5.63. The highest BCUT2D eigenvalue weighted by Gasteiger charge is 2.00. The molecule has 2 rings (SSSR count). The third-order valence-electron chi connectivity index (χ3n) is 3.08. The third kappa shape index (κ3) is 5.94. The number of unbranched alkanes of at least 4 members (excludes halogenated alkanes) is 3. The summed E-state index contributed by atoms with van der Waals surface area (Å²) in [6.07, 6.45) is 5.62. The van der Waals surface area contributed by atoms with Crippen molar-refractivity contribution in [2.45, 2.75) is 30.6 Å². The van der Waals surface area contributed by atoms with Gasteiger partial charge in [0.25, 0.3) is 0 Å². The fourth-order valence-corrected chi connectivity index (χ4v) is 3.59. The number of hydrogen-bond donors (Lipinski definition) is 0. The van der Waals surface area contributed by atoms with Crippen molar-refractivity contribution in [3.8, 4) is 5.06 Å². The molecule has 1 heterocycles. The maximum atomic E-state index is 10.9. The van der Waals surface area contributed by atoms with Crippen molar-refractivity contribution in [3.63, 3.8) is 0 Å². The standard InChI is InChI=1S/C17H20O2S2/c18-14-15-8-3-4-9-16(15)20-12-6-2-1-5-11-19-17-10-7-13-21-17/h3-4,7-10,13-14H,1-2,5-6,11-12H2. The minimum Gasteiger partial charge on any atom is -0.484 e. The molecule has 0 aliphatic heterocycles. The Morgan fingerprint density at radius 1 is 1.05 bits per heavy atom. The molecule has 21 heavy (non-hydrogen) atoms. The normalized spacial score (nSPS) is 10.5. The Hall–Kier alpha value is -1.26. The molecule has 0 aliphatic rings. The van der Waals surface area contributed by atoms with Crippen molar-refractivity contribution in [2.24, 2.45) is 0 Å². The Kier molecular flexibility index (Phi) is 7.39. The van der Waals surface area contributed by atoms with Gasteiger partial charge in [-0.05, 0) is 42.2 Å². The SMILES string of the molecule is O=Cc1ccccc1SCCCCCCOc1cccs1. The maximum Gasteiger partial charge on any atom is 0.173 e. The van der Waals surface area contributed by atoms with Gasteiger partial charge in [-0.25, -0.2) is 0 Å². The van der Waals surface area contributed by atoms with E-state index in [2.05, 4.69) is 0 Å². The molecule has 0 atom stereocenters. The van der Waals surface area contributed by atoms with Crippen molar-refractivity contribution in [2.75, 3.05) is 12.4 Å². The van der Waals surface area contributed by atoms with E-state index in [1.54, 1.807) is 23.1 Å². The van der Waals surface area contributed by atoms with Gasteiger partial charge < -0.3 is 4.74 Å². The molecule has 4 heteroatoms. The molecule has 0 fully saturated rings. The van der Waals surface area contributed by atoms with Crippen molar-refractivity contribution in [1.82, 2.24) is 0 Å². The molecule has 0 unspecified atom stereocenters. The van der Waals surface area contributed by atoms with E-state index in [-0.39, 0.29) is 0 Å². The van der Waals surface area contributed by atoms with Crippen LogP contribution >= 0.6 is 23.1 Å². The lowest BCUT2D eigenvalue weighted by Gasteiger charge is -2.05. The number of thioether (sulfide) groups is 1. The quantitative estimate of drug-likeness (QED) is 0.338. The molecule has 0 radical (unpaired) electrons. The van der Waals surface area contributed by atoms with E-state index in [1.165, 1.54) is 19.3 Å². The van der Waals surface area contributed by atoms with Crippen LogP contribution in [0.1, 0.15) is 36.0 Å². The van der Waals surface area contributed by atoms with Gasteiger partial charge in [-0.15, -0.1) is 23.1 Å². The molecule has 0 amide bonds. The van der Waals surface area contributed by atoms with Gasteiger partial charge in [0, 0.05) is 10.5 Å². The summed E-state index contributed by atoms with van der Waals surface area (Å²) in [5.41, 5.74) is 0.798. The first-order chi connectivity index (χ1) is 10.4. The van der Waals surface area contributed by atoms with Crippen LogP contribution in [0.25, 0.3) is 0 Å². The Morgan fingerprint density at radius 2 is 1.90 bits per heavy atom. The Balaban J connectivity index is 1.51. The predicted molar refractivity (Wildman–Crippen MR) is 90.8 cm³/mol. The lowest BCUT2D eigenvalue weighted by molar-refractivity contribution is 0.112. The summed E-state index contributed by atoms with van der Waals surface area (Å²) in [6, 6.07) is 11.8. The molecule has 0 spiro atoms. The van der Waals surface area contributed by atoms with Crippen molar-refractivity contribution < 1.29 is 9.53 Å². The first-order valence-electron chi connectivity index (χ1n) is 7.23. The molecular weight excluding hydrogens is 300 g/mol. The van der Waals surface area contributed by atoms with Gasteiger partial charge in [-0.1, -0.05) is 31.0 Å². The van der Waals surface area contributed by atoms with E-state index in [0.29, 0.717) is 0 Å². The average Bonchev–Trinajstić information content (AvgIpc) is 3.03. The van der Waals surface area contributed by atoms with E-state index in [0.717, 1.165) is 40.6 Å². The second-order valence-electron chi connectivity index (χ2n) is 4.70. The van der Waals surface area contributed by atoms with Crippen molar-refractivity contribution >= 4 is 29.4 Å².